The van der Waals surface area contributed by atoms with E-state index in [0.29, 0.717) is 17.9 Å². The topological polar surface area (TPSA) is 130 Å². The van der Waals surface area contributed by atoms with Crippen LogP contribution in [0.15, 0.2) is 18.2 Å². The van der Waals surface area contributed by atoms with Crippen LogP contribution in [0.4, 0.5) is 5.69 Å². The zero-order valence-corrected chi connectivity index (χ0v) is 13.3. The van der Waals surface area contributed by atoms with E-state index < -0.39 is 11.9 Å². The molecule has 2 N–H and O–H groups in total. The molecule has 0 bridgehead atoms. The number of nitrogens with zero attached hydrogens (tertiary/aromatic N) is 2. The smallest absolute Gasteiger partial charge is 0.414 e. The summed E-state index contributed by atoms with van der Waals surface area (Å²) >= 11 is 0. The second kappa shape index (κ2) is 9.46. The first-order valence-corrected chi connectivity index (χ1v) is 7.37. The lowest BCUT2D eigenvalue weighted by Gasteiger charge is -2.15. The van der Waals surface area contributed by atoms with Gasteiger partial charge in [0.2, 0.25) is 0 Å². The summed E-state index contributed by atoms with van der Waals surface area (Å²) in [7, 11) is 0. The molecule has 0 aliphatic carbocycles. The van der Waals surface area contributed by atoms with Crippen molar-refractivity contribution in [2.24, 2.45) is 0 Å². The van der Waals surface area contributed by atoms with Gasteiger partial charge >= 0.3 is 11.9 Å². The number of ether oxygens (including phenoxy) is 1. The molecule has 0 saturated carbocycles. The minimum absolute atomic E-state index is 0.141. The average molecular weight is 340 g/mol. The van der Waals surface area contributed by atoms with Gasteiger partial charge in [0.05, 0.1) is 4.92 Å². The van der Waals surface area contributed by atoms with Crippen molar-refractivity contribution in [3.63, 3.8) is 0 Å². The number of nitro benzene ring substituents is 1. The van der Waals surface area contributed by atoms with Crippen LogP contribution in [0, 0.1) is 17.0 Å². The molecule has 0 radical (unpaired) electrons. The minimum Gasteiger partial charge on any atom is -0.492 e. The molecule has 9 heteroatoms. The fourth-order valence-electron chi connectivity index (χ4n) is 2.22. The molecule has 2 rings (SSSR count). The van der Waals surface area contributed by atoms with E-state index in [1.807, 2.05) is 0 Å². The van der Waals surface area contributed by atoms with E-state index in [-0.39, 0.29) is 10.6 Å². The van der Waals surface area contributed by atoms with Crippen molar-refractivity contribution < 1.29 is 29.5 Å². The van der Waals surface area contributed by atoms with Crippen LogP contribution in [0.5, 0.6) is 5.75 Å². The third-order valence-corrected chi connectivity index (χ3v) is 3.42. The molecule has 1 aromatic carbocycles. The third kappa shape index (κ3) is 6.61. The molecule has 0 atom stereocenters. The number of carbonyl (C=O) groups is 2. The van der Waals surface area contributed by atoms with E-state index in [1.54, 1.807) is 19.1 Å². The highest BCUT2D eigenvalue weighted by atomic mass is 16.6. The highest BCUT2D eigenvalue weighted by Crippen LogP contribution is 2.23. The third-order valence-electron chi connectivity index (χ3n) is 3.42. The van der Waals surface area contributed by atoms with Crippen LogP contribution in [0.3, 0.4) is 0 Å². The van der Waals surface area contributed by atoms with Gasteiger partial charge in [0.25, 0.3) is 5.69 Å². The average Bonchev–Trinajstić information content (AvgIpc) is 3.00. The van der Waals surface area contributed by atoms with Crippen molar-refractivity contribution in [2.45, 2.75) is 19.8 Å². The lowest BCUT2D eigenvalue weighted by molar-refractivity contribution is -0.385. The van der Waals surface area contributed by atoms with Gasteiger partial charge in [-0.15, -0.1) is 0 Å². The Balaban J connectivity index is 0.000000413. The zero-order chi connectivity index (χ0) is 18.1. The Morgan fingerprint density at radius 1 is 1.25 bits per heavy atom. The summed E-state index contributed by atoms with van der Waals surface area (Å²) in [5, 5.41) is 25.5. The zero-order valence-electron chi connectivity index (χ0n) is 13.3. The molecule has 1 aliphatic rings. The van der Waals surface area contributed by atoms with Crippen LogP contribution in [0.2, 0.25) is 0 Å². The van der Waals surface area contributed by atoms with Crippen molar-refractivity contribution in [1.82, 2.24) is 4.90 Å². The van der Waals surface area contributed by atoms with Crippen LogP contribution in [-0.4, -0.2) is 58.2 Å². The lowest BCUT2D eigenvalue weighted by Crippen LogP contribution is -2.25. The number of aliphatic carboxylic acids is 2. The minimum atomic E-state index is -1.82. The van der Waals surface area contributed by atoms with E-state index >= 15 is 0 Å². The molecule has 9 nitrogen and oxygen atoms in total. The standard InChI is InChI=1S/C13H18N2O3.C2H2O4/c1-11-10-12(4-5-13(11)15(16)17)18-9-8-14-6-2-3-7-14;3-1(4)2(5)6/h4-5,10H,2-3,6-9H2,1H3;(H,3,4)(H,5,6). The predicted molar refractivity (Wildman–Crippen MR) is 84.3 cm³/mol. The first kappa shape index (κ1) is 19.4. The summed E-state index contributed by atoms with van der Waals surface area (Å²) < 4.78 is 5.62. The Morgan fingerprint density at radius 2 is 1.83 bits per heavy atom. The molecule has 1 aliphatic heterocycles. The maximum Gasteiger partial charge on any atom is 0.414 e. The fourth-order valence-corrected chi connectivity index (χ4v) is 2.22. The highest BCUT2D eigenvalue weighted by Gasteiger charge is 2.12. The van der Waals surface area contributed by atoms with E-state index in [0.717, 1.165) is 19.6 Å². The Bertz CT molecular complexity index is 585. The first-order chi connectivity index (χ1) is 11.3. The summed E-state index contributed by atoms with van der Waals surface area (Å²) in [6.07, 6.45) is 2.55. The van der Waals surface area contributed by atoms with E-state index in [2.05, 4.69) is 4.90 Å². The largest absolute Gasteiger partial charge is 0.492 e. The molecule has 0 amide bonds. The summed E-state index contributed by atoms with van der Waals surface area (Å²) in [6.45, 7) is 5.60. The number of carboxylic acid groups (broad SMARTS) is 2. The lowest BCUT2D eigenvalue weighted by atomic mass is 10.2. The van der Waals surface area contributed by atoms with Gasteiger partial charge in [-0.2, -0.15) is 0 Å². The molecule has 0 aromatic heterocycles. The number of nitro groups is 1. The number of aryl methyl sites for hydroxylation is 1. The van der Waals surface area contributed by atoms with Gasteiger partial charge in [-0.1, -0.05) is 0 Å². The Labute approximate surface area is 138 Å². The maximum absolute atomic E-state index is 10.7. The van der Waals surface area contributed by atoms with Crippen molar-refractivity contribution in [2.75, 3.05) is 26.2 Å². The molecule has 0 unspecified atom stereocenters. The molecule has 1 heterocycles. The van der Waals surface area contributed by atoms with E-state index in [1.165, 1.54) is 18.9 Å². The van der Waals surface area contributed by atoms with Gasteiger partial charge in [0.1, 0.15) is 12.4 Å². The van der Waals surface area contributed by atoms with Crippen molar-refractivity contribution >= 4 is 17.6 Å². The molecule has 1 aromatic rings. The number of carboxylic acids is 2. The van der Waals surface area contributed by atoms with Gasteiger partial charge in [0.15, 0.2) is 0 Å². The van der Waals surface area contributed by atoms with Gasteiger partial charge in [-0.05, 0) is 45.0 Å². The number of rotatable bonds is 5. The van der Waals surface area contributed by atoms with Gasteiger partial charge < -0.3 is 14.9 Å². The van der Waals surface area contributed by atoms with Crippen LogP contribution in [0.25, 0.3) is 0 Å². The van der Waals surface area contributed by atoms with Gasteiger partial charge in [0, 0.05) is 18.2 Å². The SMILES string of the molecule is Cc1cc(OCCN2CCCC2)ccc1[N+](=O)[O-].O=C(O)C(=O)O. The monoisotopic (exact) mass is 340 g/mol. The van der Waals surface area contributed by atoms with Crippen molar-refractivity contribution in [3.05, 3.63) is 33.9 Å². The molecule has 1 saturated heterocycles. The molecule has 132 valence electrons. The van der Waals surface area contributed by atoms with Crippen molar-refractivity contribution in [3.8, 4) is 5.75 Å². The fraction of sp³-hybridized carbons (Fsp3) is 0.467. The van der Waals surface area contributed by atoms with Gasteiger partial charge in [-0.25, -0.2) is 9.59 Å². The number of hydrogen-bond acceptors (Lipinski definition) is 6. The normalized spacial score (nSPS) is 13.7. The second-order valence-electron chi connectivity index (χ2n) is 5.21. The number of benzene rings is 1. The quantitative estimate of drug-likeness (QED) is 0.469. The van der Waals surface area contributed by atoms with Crippen LogP contribution >= 0.6 is 0 Å². The van der Waals surface area contributed by atoms with Crippen LogP contribution < -0.4 is 4.74 Å². The molecule has 24 heavy (non-hydrogen) atoms. The molecule has 0 spiro atoms. The van der Waals surface area contributed by atoms with Crippen molar-refractivity contribution in [1.29, 1.82) is 0 Å². The Kier molecular flexibility index (Phi) is 7.63. The van der Waals surface area contributed by atoms with E-state index in [4.69, 9.17) is 24.5 Å². The maximum atomic E-state index is 10.7. The second-order valence-corrected chi connectivity index (χ2v) is 5.21. The Hall–Kier alpha value is -2.68. The first-order valence-electron chi connectivity index (χ1n) is 7.37. The highest BCUT2D eigenvalue weighted by molar-refractivity contribution is 6.27. The number of hydrogen-bond donors (Lipinski definition) is 2. The van der Waals surface area contributed by atoms with Gasteiger partial charge in [-0.3, -0.25) is 15.0 Å². The summed E-state index contributed by atoms with van der Waals surface area (Å²) in [6, 6.07) is 4.89. The summed E-state index contributed by atoms with van der Waals surface area (Å²) in [4.78, 5) is 30.9. The molecule has 1 fully saturated rings. The summed E-state index contributed by atoms with van der Waals surface area (Å²) in [5.74, 6) is -2.94. The van der Waals surface area contributed by atoms with Crippen LogP contribution in [-0.2, 0) is 9.59 Å². The van der Waals surface area contributed by atoms with E-state index in [9.17, 15) is 10.1 Å². The number of likely N-dealkylation sites (tertiary alicyclic amines) is 1. The predicted octanol–water partition coefficient (Wildman–Crippen LogP) is 1.53. The molecular formula is C15H20N2O7. The van der Waals surface area contributed by atoms with Crippen LogP contribution in [0.1, 0.15) is 18.4 Å². The summed E-state index contributed by atoms with van der Waals surface area (Å²) in [5.41, 5.74) is 0.778. The Morgan fingerprint density at radius 3 is 2.29 bits per heavy atom. The molecular weight excluding hydrogens is 320 g/mol.